The van der Waals surface area contributed by atoms with Crippen LogP contribution in [0, 0.1) is 0 Å². The second-order valence-electron chi connectivity index (χ2n) is 4.33. The number of nitrogens with two attached hydrogens (primary N) is 1. The topological polar surface area (TPSA) is 52.3 Å². The minimum atomic E-state index is -0.0596. The molecule has 104 valence electrons. The van der Waals surface area contributed by atoms with E-state index >= 15 is 0 Å². The predicted octanol–water partition coefficient (Wildman–Crippen LogP) is 4.12. The lowest BCUT2D eigenvalue weighted by atomic mass is 10.0. The van der Waals surface area contributed by atoms with Crippen molar-refractivity contribution in [2.24, 2.45) is 0 Å². The molecule has 2 aromatic rings. The summed E-state index contributed by atoms with van der Waals surface area (Å²) >= 11 is 9.30. The number of methoxy groups -OCH3 is 1. The summed E-state index contributed by atoms with van der Waals surface area (Å²) in [7, 11) is 1.58. The van der Waals surface area contributed by atoms with E-state index in [2.05, 4.69) is 15.9 Å². The molecule has 0 spiro atoms. The van der Waals surface area contributed by atoms with Crippen molar-refractivity contribution in [2.75, 3.05) is 12.8 Å². The fourth-order valence-electron chi connectivity index (χ4n) is 1.93. The summed E-state index contributed by atoms with van der Waals surface area (Å²) < 4.78 is 6.16. The van der Waals surface area contributed by atoms with Gasteiger partial charge in [-0.05, 0) is 36.4 Å². The van der Waals surface area contributed by atoms with Gasteiger partial charge in [0.2, 0.25) is 0 Å². The Labute approximate surface area is 130 Å². The van der Waals surface area contributed by atoms with Crippen molar-refractivity contribution in [2.45, 2.75) is 6.42 Å². The van der Waals surface area contributed by atoms with Gasteiger partial charge in [0.25, 0.3) is 0 Å². The van der Waals surface area contributed by atoms with E-state index in [0.29, 0.717) is 22.0 Å². The minimum absolute atomic E-state index is 0.0596. The molecule has 0 saturated heterocycles. The van der Waals surface area contributed by atoms with Crippen LogP contribution in [0.1, 0.15) is 15.9 Å². The molecule has 0 aliphatic rings. The molecule has 0 aliphatic heterocycles. The van der Waals surface area contributed by atoms with Crippen LogP contribution in [0.2, 0.25) is 5.02 Å². The van der Waals surface area contributed by atoms with Crippen LogP contribution in [0.4, 0.5) is 5.69 Å². The number of anilines is 1. The van der Waals surface area contributed by atoms with E-state index in [1.54, 1.807) is 25.3 Å². The van der Waals surface area contributed by atoms with Crippen LogP contribution in [-0.2, 0) is 6.42 Å². The minimum Gasteiger partial charge on any atom is -0.496 e. The van der Waals surface area contributed by atoms with Gasteiger partial charge in [-0.1, -0.05) is 27.5 Å². The van der Waals surface area contributed by atoms with Crippen molar-refractivity contribution in [3.63, 3.8) is 0 Å². The lowest BCUT2D eigenvalue weighted by Gasteiger charge is -2.09. The second kappa shape index (κ2) is 6.29. The van der Waals surface area contributed by atoms with Crippen LogP contribution in [0.25, 0.3) is 0 Å². The largest absolute Gasteiger partial charge is 0.496 e. The van der Waals surface area contributed by atoms with Crippen LogP contribution in [-0.4, -0.2) is 12.9 Å². The molecule has 0 radical (unpaired) electrons. The number of rotatable bonds is 4. The summed E-state index contributed by atoms with van der Waals surface area (Å²) in [6, 6.07) is 10.4. The summed E-state index contributed by atoms with van der Waals surface area (Å²) in [6.07, 6.45) is 0.225. The number of carbonyl (C=O) groups excluding carboxylic acids is 1. The lowest BCUT2D eigenvalue weighted by molar-refractivity contribution is 0.0992. The molecule has 20 heavy (non-hydrogen) atoms. The predicted molar refractivity (Wildman–Crippen MR) is 84.6 cm³/mol. The van der Waals surface area contributed by atoms with Crippen LogP contribution in [0.15, 0.2) is 40.9 Å². The Balaban J connectivity index is 2.29. The fraction of sp³-hybridized carbons (Fsp3) is 0.133. The third-order valence-electron chi connectivity index (χ3n) is 2.84. The SMILES string of the molecule is COc1ccc(Br)cc1CC(=O)c1cc(N)cc(Cl)c1. The molecule has 2 N–H and O–H groups in total. The van der Waals surface area contributed by atoms with Crippen LogP contribution in [0.3, 0.4) is 0 Å². The first-order chi connectivity index (χ1) is 9.49. The molecule has 0 atom stereocenters. The van der Waals surface area contributed by atoms with Crippen LogP contribution in [0.5, 0.6) is 5.75 Å². The van der Waals surface area contributed by atoms with Crippen molar-refractivity contribution < 1.29 is 9.53 Å². The number of ketones is 1. The van der Waals surface area contributed by atoms with Gasteiger partial charge in [-0.3, -0.25) is 4.79 Å². The highest BCUT2D eigenvalue weighted by atomic mass is 79.9. The second-order valence-corrected chi connectivity index (χ2v) is 5.68. The molecule has 2 aromatic carbocycles. The fourth-order valence-corrected chi connectivity index (χ4v) is 2.59. The molecule has 0 heterocycles. The molecule has 5 heteroatoms. The number of halogens is 2. The smallest absolute Gasteiger partial charge is 0.167 e. The van der Waals surface area contributed by atoms with Gasteiger partial charge in [-0.25, -0.2) is 0 Å². The molecule has 0 unspecified atom stereocenters. The Morgan fingerprint density at radius 1 is 1.30 bits per heavy atom. The van der Waals surface area contributed by atoms with Gasteiger partial charge in [-0.2, -0.15) is 0 Å². The van der Waals surface area contributed by atoms with E-state index in [1.165, 1.54) is 0 Å². The molecule has 0 bridgehead atoms. The molecule has 0 amide bonds. The molecular weight excluding hydrogens is 342 g/mol. The van der Waals surface area contributed by atoms with E-state index in [1.807, 2.05) is 18.2 Å². The Morgan fingerprint density at radius 2 is 2.05 bits per heavy atom. The molecule has 3 nitrogen and oxygen atoms in total. The highest BCUT2D eigenvalue weighted by molar-refractivity contribution is 9.10. The molecular formula is C15H13BrClNO2. The van der Waals surface area contributed by atoms with E-state index in [9.17, 15) is 4.79 Å². The third kappa shape index (κ3) is 3.52. The Hall–Kier alpha value is -1.52. The van der Waals surface area contributed by atoms with E-state index < -0.39 is 0 Å². The van der Waals surface area contributed by atoms with E-state index in [4.69, 9.17) is 22.1 Å². The average Bonchev–Trinajstić information content (AvgIpc) is 2.37. The monoisotopic (exact) mass is 353 g/mol. The molecule has 0 aliphatic carbocycles. The van der Waals surface area contributed by atoms with Gasteiger partial charge < -0.3 is 10.5 Å². The molecule has 2 rings (SSSR count). The zero-order valence-corrected chi connectivity index (χ0v) is 13.2. The van der Waals surface area contributed by atoms with Crippen molar-refractivity contribution in [3.8, 4) is 5.75 Å². The summed E-state index contributed by atoms with van der Waals surface area (Å²) in [6.45, 7) is 0. The standard InChI is InChI=1S/C15H13BrClNO2/c1-20-15-3-2-11(16)4-10(15)7-14(19)9-5-12(17)8-13(18)6-9/h2-6,8H,7,18H2,1H3. The number of nitrogen functional groups attached to an aromatic ring is 1. The van der Waals surface area contributed by atoms with Gasteiger partial charge in [-0.15, -0.1) is 0 Å². The summed E-state index contributed by atoms with van der Waals surface area (Å²) in [5.74, 6) is 0.618. The maximum atomic E-state index is 12.3. The van der Waals surface area contributed by atoms with E-state index in [0.717, 1.165) is 10.0 Å². The maximum absolute atomic E-state index is 12.3. The van der Waals surface area contributed by atoms with Gasteiger partial charge >= 0.3 is 0 Å². The Kier molecular flexibility index (Phi) is 4.68. The van der Waals surface area contributed by atoms with Gasteiger partial charge in [0.1, 0.15) is 5.75 Å². The number of ether oxygens (including phenoxy) is 1. The summed E-state index contributed by atoms with van der Waals surface area (Å²) in [4.78, 5) is 12.3. The third-order valence-corrected chi connectivity index (χ3v) is 3.55. The quantitative estimate of drug-likeness (QED) is 0.664. The van der Waals surface area contributed by atoms with Crippen LogP contribution >= 0.6 is 27.5 Å². The zero-order valence-electron chi connectivity index (χ0n) is 10.8. The van der Waals surface area contributed by atoms with Crippen molar-refractivity contribution >= 4 is 39.0 Å². The van der Waals surface area contributed by atoms with Crippen LogP contribution < -0.4 is 10.5 Å². The number of hydrogen-bond donors (Lipinski definition) is 1. The van der Waals surface area contributed by atoms with Crippen molar-refractivity contribution in [1.82, 2.24) is 0 Å². The highest BCUT2D eigenvalue weighted by Crippen LogP contribution is 2.25. The number of benzene rings is 2. The van der Waals surface area contributed by atoms with Gasteiger partial charge in [0.15, 0.2) is 5.78 Å². The molecule has 0 fully saturated rings. The lowest BCUT2D eigenvalue weighted by Crippen LogP contribution is -2.06. The van der Waals surface area contributed by atoms with Crippen molar-refractivity contribution in [1.29, 1.82) is 0 Å². The van der Waals surface area contributed by atoms with E-state index in [-0.39, 0.29) is 12.2 Å². The highest BCUT2D eigenvalue weighted by Gasteiger charge is 2.12. The number of Topliss-reactive ketones (excluding diaryl/α,β-unsaturated/α-hetero) is 1. The first-order valence-corrected chi connectivity index (χ1v) is 7.08. The Morgan fingerprint density at radius 3 is 2.70 bits per heavy atom. The first kappa shape index (κ1) is 14.9. The number of hydrogen-bond acceptors (Lipinski definition) is 3. The number of carbonyl (C=O) groups is 1. The maximum Gasteiger partial charge on any atom is 0.167 e. The summed E-state index contributed by atoms with van der Waals surface area (Å²) in [5.41, 5.74) is 7.48. The molecule has 0 saturated carbocycles. The normalized spacial score (nSPS) is 10.3. The van der Waals surface area contributed by atoms with Gasteiger partial charge in [0, 0.05) is 32.7 Å². The Bertz CT molecular complexity index is 638. The van der Waals surface area contributed by atoms with Crippen molar-refractivity contribution in [3.05, 3.63) is 57.0 Å². The van der Waals surface area contributed by atoms with Gasteiger partial charge in [0.05, 0.1) is 7.11 Å². The zero-order chi connectivity index (χ0) is 14.7. The summed E-state index contributed by atoms with van der Waals surface area (Å²) in [5, 5.41) is 0.453. The first-order valence-electron chi connectivity index (χ1n) is 5.91. The molecule has 0 aromatic heterocycles. The average molecular weight is 355 g/mol.